The average molecular weight is 472 g/mol. The fourth-order valence-corrected chi connectivity index (χ4v) is 5.20. The molecule has 0 atom stereocenters. The van der Waals surface area contributed by atoms with Crippen molar-refractivity contribution in [3.05, 3.63) is 60.0 Å². The quantitative estimate of drug-likeness (QED) is 0.539. The minimum atomic E-state index is -3.74. The van der Waals surface area contributed by atoms with Crippen LogP contribution in [-0.4, -0.2) is 78.7 Å². The fraction of sp³-hybridized carbons (Fsp3) is 0.318. The molecule has 1 aromatic carbocycles. The molecule has 4 rings (SSSR count). The minimum absolute atomic E-state index is 0.118. The van der Waals surface area contributed by atoms with Crippen LogP contribution in [0.4, 0.5) is 0 Å². The first-order chi connectivity index (χ1) is 15.9. The highest BCUT2D eigenvalue weighted by Gasteiger charge is 2.32. The number of hydrogen-bond donors (Lipinski definition) is 0. The summed E-state index contributed by atoms with van der Waals surface area (Å²) >= 11 is 0. The van der Waals surface area contributed by atoms with Gasteiger partial charge in [-0.25, -0.2) is 18.1 Å². The van der Waals surface area contributed by atoms with Crippen LogP contribution >= 0.6 is 0 Å². The molecule has 0 N–H and O–H groups in total. The minimum Gasteiger partial charge on any atom is -0.493 e. The number of ether oxygens (including phenoxy) is 2. The third-order valence-electron chi connectivity index (χ3n) is 5.63. The summed E-state index contributed by atoms with van der Waals surface area (Å²) in [5.74, 6) is 1.24. The molecule has 1 amide bonds. The van der Waals surface area contributed by atoms with Crippen molar-refractivity contribution < 1.29 is 22.7 Å². The Morgan fingerprint density at radius 2 is 1.73 bits per heavy atom. The molecule has 0 saturated carbocycles. The van der Waals surface area contributed by atoms with Crippen molar-refractivity contribution >= 4 is 15.9 Å². The Balaban J connectivity index is 1.47. The standard InChI is InChI=1S/C22H25N5O5S/c1-16-18(15-24-27(16)21-6-4-5-9-23-21)22(28)25-10-12-26(13-11-25)33(29,30)17-7-8-19(31-2)20(14-17)32-3/h4-9,14-15H,10-13H2,1-3H3. The lowest BCUT2D eigenvalue weighted by atomic mass is 10.2. The van der Waals surface area contributed by atoms with E-state index in [1.54, 1.807) is 21.8 Å². The van der Waals surface area contributed by atoms with Crippen LogP contribution in [0.15, 0.2) is 53.7 Å². The van der Waals surface area contributed by atoms with Crippen molar-refractivity contribution in [2.45, 2.75) is 11.8 Å². The van der Waals surface area contributed by atoms with Gasteiger partial charge in [0.25, 0.3) is 5.91 Å². The molecule has 2 aromatic heterocycles. The summed E-state index contributed by atoms with van der Waals surface area (Å²) in [6.07, 6.45) is 3.19. The highest BCUT2D eigenvalue weighted by atomic mass is 32.2. The SMILES string of the molecule is COc1ccc(S(=O)(=O)N2CCN(C(=O)c3cnn(-c4ccccn4)c3C)CC2)cc1OC. The van der Waals surface area contributed by atoms with E-state index in [4.69, 9.17) is 9.47 Å². The Hall–Kier alpha value is -3.44. The van der Waals surface area contributed by atoms with Gasteiger partial charge < -0.3 is 14.4 Å². The maximum Gasteiger partial charge on any atom is 0.257 e. The third-order valence-corrected chi connectivity index (χ3v) is 7.52. The summed E-state index contributed by atoms with van der Waals surface area (Å²) in [6, 6.07) is 9.97. The Labute approximate surface area is 192 Å². The second-order valence-electron chi connectivity index (χ2n) is 7.46. The largest absolute Gasteiger partial charge is 0.493 e. The summed E-state index contributed by atoms with van der Waals surface area (Å²) < 4.78 is 39.6. The Morgan fingerprint density at radius 3 is 2.36 bits per heavy atom. The van der Waals surface area contributed by atoms with Crippen molar-refractivity contribution in [3.63, 3.8) is 0 Å². The number of amides is 1. The molecule has 33 heavy (non-hydrogen) atoms. The molecule has 1 aliphatic heterocycles. The number of carbonyl (C=O) groups excluding carboxylic acids is 1. The molecule has 1 saturated heterocycles. The summed E-state index contributed by atoms with van der Waals surface area (Å²) in [4.78, 5) is 19.1. The summed E-state index contributed by atoms with van der Waals surface area (Å²) in [5.41, 5.74) is 1.15. The maximum absolute atomic E-state index is 13.1. The summed E-state index contributed by atoms with van der Waals surface area (Å²) in [7, 11) is -0.793. The molecule has 174 valence electrons. The average Bonchev–Trinajstić information content (AvgIpc) is 3.24. The van der Waals surface area contributed by atoms with E-state index in [0.717, 1.165) is 0 Å². The molecule has 11 heteroatoms. The molecule has 0 unspecified atom stereocenters. The molecule has 0 aliphatic carbocycles. The second-order valence-corrected chi connectivity index (χ2v) is 9.39. The van der Waals surface area contributed by atoms with Crippen LogP contribution < -0.4 is 9.47 Å². The van der Waals surface area contributed by atoms with E-state index in [-0.39, 0.29) is 37.0 Å². The number of hydrogen-bond acceptors (Lipinski definition) is 7. The highest BCUT2D eigenvalue weighted by molar-refractivity contribution is 7.89. The Morgan fingerprint density at radius 1 is 1.00 bits per heavy atom. The highest BCUT2D eigenvalue weighted by Crippen LogP contribution is 2.31. The zero-order valence-corrected chi connectivity index (χ0v) is 19.4. The van der Waals surface area contributed by atoms with Crippen LogP contribution in [0.3, 0.4) is 0 Å². The number of carbonyl (C=O) groups is 1. The van der Waals surface area contributed by atoms with Crippen LogP contribution in [-0.2, 0) is 10.0 Å². The summed E-state index contributed by atoms with van der Waals surface area (Å²) in [6.45, 7) is 2.75. The van der Waals surface area contributed by atoms with Crippen molar-refractivity contribution in [2.75, 3.05) is 40.4 Å². The lowest BCUT2D eigenvalue weighted by molar-refractivity contribution is 0.0697. The number of methoxy groups -OCH3 is 2. The number of benzene rings is 1. The second kappa shape index (κ2) is 9.20. The fourth-order valence-electron chi connectivity index (χ4n) is 3.76. The molecule has 0 spiro atoms. The van der Waals surface area contributed by atoms with Crippen molar-refractivity contribution in [1.29, 1.82) is 0 Å². The molecule has 1 fully saturated rings. The lowest BCUT2D eigenvalue weighted by Crippen LogP contribution is -2.50. The van der Waals surface area contributed by atoms with Gasteiger partial charge in [0.15, 0.2) is 17.3 Å². The van der Waals surface area contributed by atoms with Gasteiger partial charge in [0.1, 0.15) is 0 Å². The van der Waals surface area contributed by atoms with Crippen LogP contribution in [0.1, 0.15) is 16.1 Å². The molecule has 3 heterocycles. The van der Waals surface area contributed by atoms with Crippen molar-refractivity contribution in [3.8, 4) is 17.3 Å². The number of rotatable bonds is 6. The molecule has 0 radical (unpaired) electrons. The lowest BCUT2D eigenvalue weighted by Gasteiger charge is -2.34. The molecule has 0 bridgehead atoms. The molecule has 10 nitrogen and oxygen atoms in total. The van der Waals surface area contributed by atoms with Crippen molar-refractivity contribution in [1.82, 2.24) is 24.0 Å². The van der Waals surface area contributed by atoms with Gasteiger partial charge in [0, 0.05) is 38.4 Å². The van der Waals surface area contributed by atoms with Gasteiger partial charge >= 0.3 is 0 Å². The van der Waals surface area contributed by atoms with E-state index in [1.165, 1.54) is 36.9 Å². The van der Waals surface area contributed by atoms with Gasteiger partial charge in [-0.3, -0.25) is 4.79 Å². The topological polar surface area (TPSA) is 107 Å². The zero-order chi connectivity index (χ0) is 23.6. The van der Waals surface area contributed by atoms with Crippen LogP contribution in [0.25, 0.3) is 5.82 Å². The number of nitrogens with zero attached hydrogens (tertiary/aromatic N) is 5. The first kappa shape index (κ1) is 22.7. The van der Waals surface area contributed by atoms with E-state index >= 15 is 0 Å². The van der Waals surface area contributed by atoms with E-state index in [1.807, 2.05) is 25.1 Å². The van der Waals surface area contributed by atoms with E-state index in [2.05, 4.69) is 10.1 Å². The number of pyridine rings is 1. The Kier molecular flexibility index (Phi) is 6.34. The number of aromatic nitrogens is 3. The first-order valence-electron chi connectivity index (χ1n) is 10.3. The predicted octanol–water partition coefficient (Wildman–Crippen LogP) is 1.74. The van der Waals surface area contributed by atoms with E-state index in [0.29, 0.717) is 28.6 Å². The molecular weight excluding hydrogens is 446 g/mol. The summed E-state index contributed by atoms with van der Waals surface area (Å²) in [5, 5.41) is 4.30. The van der Waals surface area contributed by atoms with Crippen LogP contribution in [0, 0.1) is 6.92 Å². The van der Waals surface area contributed by atoms with Gasteiger partial charge in [0.2, 0.25) is 10.0 Å². The van der Waals surface area contributed by atoms with Crippen molar-refractivity contribution in [2.24, 2.45) is 0 Å². The molecular formula is C22H25N5O5S. The molecule has 3 aromatic rings. The molecule has 1 aliphatic rings. The van der Waals surface area contributed by atoms with E-state index in [9.17, 15) is 13.2 Å². The van der Waals surface area contributed by atoms with Gasteiger partial charge in [-0.05, 0) is 31.2 Å². The third kappa shape index (κ3) is 4.29. The van der Waals surface area contributed by atoms with E-state index < -0.39 is 10.0 Å². The van der Waals surface area contributed by atoms with Gasteiger partial charge in [0.05, 0.1) is 36.6 Å². The monoisotopic (exact) mass is 471 g/mol. The smallest absolute Gasteiger partial charge is 0.257 e. The maximum atomic E-state index is 13.1. The Bertz CT molecular complexity index is 1250. The van der Waals surface area contributed by atoms with Crippen LogP contribution in [0.5, 0.6) is 11.5 Å². The normalized spacial score (nSPS) is 14.8. The predicted molar refractivity (Wildman–Crippen MR) is 120 cm³/mol. The number of sulfonamides is 1. The van der Waals surface area contributed by atoms with Gasteiger partial charge in [-0.15, -0.1) is 0 Å². The van der Waals surface area contributed by atoms with Gasteiger partial charge in [-0.1, -0.05) is 6.07 Å². The zero-order valence-electron chi connectivity index (χ0n) is 18.6. The van der Waals surface area contributed by atoms with Crippen LogP contribution in [0.2, 0.25) is 0 Å². The first-order valence-corrected chi connectivity index (χ1v) is 11.8. The van der Waals surface area contributed by atoms with Gasteiger partial charge in [-0.2, -0.15) is 9.40 Å². The number of piperazine rings is 1.